The predicted molar refractivity (Wildman–Crippen MR) is 89.5 cm³/mol. The standard InChI is InChI=1S/C14H18ClN7O/c1-20-3-5-22(6-4-20)13-9-16-12(8-17-13)18-10-7-11(15)19-21(2)14(10)23/h7-9H,3-6H2,1-2H3,(H,16,18). The van der Waals surface area contributed by atoms with Crippen molar-refractivity contribution >= 4 is 28.9 Å². The van der Waals surface area contributed by atoms with Gasteiger partial charge in [0.25, 0.3) is 5.56 Å². The summed E-state index contributed by atoms with van der Waals surface area (Å²) in [5.41, 5.74) is 0.0356. The molecule has 1 saturated heterocycles. The van der Waals surface area contributed by atoms with Gasteiger partial charge in [-0.2, -0.15) is 5.10 Å². The molecule has 3 rings (SSSR count). The van der Waals surface area contributed by atoms with E-state index >= 15 is 0 Å². The van der Waals surface area contributed by atoms with Crippen LogP contribution in [0, 0.1) is 0 Å². The first kappa shape index (κ1) is 15.7. The molecule has 1 aliphatic rings. The van der Waals surface area contributed by atoms with Gasteiger partial charge < -0.3 is 15.1 Å². The number of aromatic nitrogens is 4. The van der Waals surface area contributed by atoms with Gasteiger partial charge in [0.05, 0.1) is 12.4 Å². The second kappa shape index (κ2) is 6.51. The lowest BCUT2D eigenvalue weighted by atomic mass is 10.3. The molecule has 0 aliphatic carbocycles. The van der Waals surface area contributed by atoms with Crippen molar-refractivity contribution in [2.45, 2.75) is 0 Å². The molecule has 0 saturated carbocycles. The maximum atomic E-state index is 12.0. The van der Waals surface area contributed by atoms with Gasteiger partial charge in [-0.3, -0.25) is 4.79 Å². The highest BCUT2D eigenvalue weighted by atomic mass is 35.5. The van der Waals surface area contributed by atoms with Gasteiger partial charge in [-0.25, -0.2) is 14.6 Å². The van der Waals surface area contributed by atoms with E-state index in [1.54, 1.807) is 19.4 Å². The molecule has 0 amide bonds. The lowest BCUT2D eigenvalue weighted by Gasteiger charge is -2.32. The van der Waals surface area contributed by atoms with Crippen LogP contribution in [-0.2, 0) is 7.05 Å². The van der Waals surface area contributed by atoms with E-state index in [4.69, 9.17) is 11.6 Å². The fraction of sp³-hybridized carbons (Fsp3) is 0.429. The number of likely N-dealkylation sites (N-methyl/N-ethyl adjacent to an activating group) is 1. The van der Waals surface area contributed by atoms with Crippen molar-refractivity contribution in [3.05, 3.63) is 34.0 Å². The molecule has 1 aliphatic heterocycles. The van der Waals surface area contributed by atoms with Gasteiger partial charge in [-0.15, -0.1) is 0 Å². The number of hydrogen-bond acceptors (Lipinski definition) is 7. The third kappa shape index (κ3) is 3.59. The molecule has 23 heavy (non-hydrogen) atoms. The van der Waals surface area contributed by atoms with Gasteiger partial charge in [0.15, 0.2) is 5.15 Å². The third-order valence-electron chi connectivity index (χ3n) is 3.76. The first-order valence-electron chi connectivity index (χ1n) is 7.29. The Morgan fingerprint density at radius 3 is 2.52 bits per heavy atom. The van der Waals surface area contributed by atoms with Gasteiger partial charge >= 0.3 is 0 Å². The number of piperazine rings is 1. The number of rotatable bonds is 3. The molecule has 0 aromatic carbocycles. The van der Waals surface area contributed by atoms with Crippen LogP contribution in [0.1, 0.15) is 0 Å². The average molecular weight is 336 g/mol. The van der Waals surface area contributed by atoms with E-state index < -0.39 is 0 Å². The lowest BCUT2D eigenvalue weighted by Crippen LogP contribution is -2.44. The summed E-state index contributed by atoms with van der Waals surface area (Å²) in [5.74, 6) is 1.33. The molecule has 0 bridgehead atoms. The zero-order valence-corrected chi connectivity index (χ0v) is 13.8. The molecular weight excluding hydrogens is 318 g/mol. The summed E-state index contributed by atoms with van der Waals surface area (Å²) in [6.07, 6.45) is 3.32. The maximum absolute atomic E-state index is 12.0. The number of nitrogens with one attached hydrogen (secondary N) is 1. The van der Waals surface area contributed by atoms with Crippen molar-refractivity contribution in [1.29, 1.82) is 0 Å². The smallest absolute Gasteiger partial charge is 0.290 e. The van der Waals surface area contributed by atoms with Crippen LogP contribution in [-0.4, -0.2) is 57.9 Å². The van der Waals surface area contributed by atoms with Crippen LogP contribution in [0.25, 0.3) is 0 Å². The Labute approximate surface area is 138 Å². The Morgan fingerprint density at radius 2 is 1.87 bits per heavy atom. The van der Waals surface area contributed by atoms with Gasteiger partial charge in [0, 0.05) is 39.3 Å². The molecule has 0 radical (unpaired) electrons. The second-order valence-electron chi connectivity index (χ2n) is 5.48. The summed E-state index contributed by atoms with van der Waals surface area (Å²) in [5, 5.41) is 7.01. The van der Waals surface area contributed by atoms with Crippen molar-refractivity contribution in [2.75, 3.05) is 43.4 Å². The van der Waals surface area contributed by atoms with Crippen LogP contribution in [0.2, 0.25) is 5.15 Å². The molecule has 1 fully saturated rings. The van der Waals surface area contributed by atoms with Crippen LogP contribution >= 0.6 is 11.6 Å². The van der Waals surface area contributed by atoms with Gasteiger partial charge in [0.1, 0.15) is 17.3 Å². The molecule has 9 heteroatoms. The van der Waals surface area contributed by atoms with E-state index in [0.717, 1.165) is 32.0 Å². The third-order valence-corrected chi connectivity index (χ3v) is 3.95. The Balaban J connectivity index is 1.74. The minimum absolute atomic E-state index is 0.233. The highest BCUT2D eigenvalue weighted by Crippen LogP contribution is 2.16. The Morgan fingerprint density at radius 1 is 1.13 bits per heavy atom. The monoisotopic (exact) mass is 335 g/mol. The molecule has 2 aromatic heterocycles. The highest BCUT2D eigenvalue weighted by Gasteiger charge is 2.15. The molecule has 1 N–H and O–H groups in total. The number of halogens is 1. The van der Waals surface area contributed by atoms with Crippen molar-refractivity contribution < 1.29 is 0 Å². The van der Waals surface area contributed by atoms with E-state index in [9.17, 15) is 4.79 Å². The second-order valence-corrected chi connectivity index (χ2v) is 5.87. The summed E-state index contributed by atoms with van der Waals surface area (Å²) < 4.78 is 1.18. The molecule has 8 nitrogen and oxygen atoms in total. The summed E-state index contributed by atoms with van der Waals surface area (Å²) in [6.45, 7) is 3.87. The van der Waals surface area contributed by atoms with Crippen molar-refractivity contribution in [3.63, 3.8) is 0 Å². The molecule has 0 atom stereocenters. The van der Waals surface area contributed by atoms with Crippen molar-refractivity contribution in [1.82, 2.24) is 24.6 Å². The number of nitrogens with zero attached hydrogens (tertiary/aromatic N) is 6. The van der Waals surface area contributed by atoms with Crippen LogP contribution in [0.3, 0.4) is 0 Å². The molecular formula is C14H18ClN7O. The lowest BCUT2D eigenvalue weighted by molar-refractivity contribution is 0.312. The summed E-state index contributed by atoms with van der Waals surface area (Å²) in [7, 11) is 3.65. The van der Waals surface area contributed by atoms with Gasteiger partial charge in [0.2, 0.25) is 0 Å². The normalized spacial score (nSPS) is 15.7. The largest absolute Gasteiger partial charge is 0.353 e. The quantitative estimate of drug-likeness (QED) is 0.885. The zero-order chi connectivity index (χ0) is 16.4. The van der Waals surface area contributed by atoms with Crippen molar-refractivity contribution in [3.8, 4) is 0 Å². The number of aryl methyl sites for hydroxylation is 1. The molecule has 0 spiro atoms. The van der Waals surface area contributed by atoms with E-state index in [-0.39, 0.29) is 10.7 Å². The summed E-state index contributed by atoms with van der Waals surface area (Å²) >= 11 is 5.87. The molecule has 122 valence electrons. The first-order chi connectivity index (χ1) is 11.0. The first-order valence-corrected chi connectivity index (χ1v) is 7.67. The average Bonchev–Trinajstić information content (AvgIpc) is 2.54. The fourth-order valence-electron chi connectivity index (χ4n) is 2.38. The van der Waals surface area contributed by atoms with Gasteiger partial charge in [-0.1, -0.05) is 11.6 Å². The minimum Gasteiger partial charge on any atom is -0.353 e. The molecule has 3 heterocycles. The SMILES string of the molecule is CN1CCN(c2cnc(Nc3cc(Cl)nn(C)c3=O)cn2)CC1. The topological polar surface area (TPSA) is 79.2 Å². The van der Waals surface area contributed by atoms with E-state index in [2.05, 4.69) is 37.2 Å². The van der Waals surface area contributed by atoms with Crippen LogP contribution in [0.5, 0.6) is 0 Å². The number of anilines is 3. The predicted octanol–water partition coefficient (Wildman–Crippen LogP) is 0.719. The van der Waals surface area contributed by atoms with Crippen LogP contribution in [0.4, 0.5) is 17.3 Å². The minimum atomic E-state index is -0.278. The Kier molecular flexibility index (Phi) is 4.44. The summed E-state index contributed by atoms with van der Waals surface area (Å²) in [4.78, 5) is 25.2. The van der Waals surface area contributed by atoms with Gasteiger partial charge in [-0.05, 0) is 7.05 Å². The van der Waals surface area contributed by atoms with Crippen LogP contribution in [0.15, 0.2) is 23.3 Å². The van der Waals surface area contributed by atoms with E-state index in [1.807, 2.05) is 0 Å². The molecule has 2 aromatic rings. The van der Waals surface area contributed by atoms with E-state index in [1.165, 1.54) is 10.7 Å². The zero-order valence-electron chi connectivity index (χ0n) is 13.0. The maximum Gasteiger partial charge on any atom is 0.290 e. The fourth-order valence-corrected chi connectivity index (χ4v) is 2.61. The Bertz CT molecular complexity index is 738. The summed E-state index contributed by atoms with van der Waals surface area (Å²) in [6, 6.07) is 1.47. The molecule has 0 unspecified atom stereocenters. The van der Waals surface area contributed by atoms with Crippen molar-refractivity contribution in [2.24, 2.45) is 7.05 Å². The highest BCUT2D eigenvalue weighted by molar-refractivity contribution is 6.29. The van der Waals surface area contributed by atoms with E-state index in [0.29, 0.717) is 11.5 Å². The van der Waals surface area contributed by atoms with Crippen LogP contribution < -0.4 is 15.8 Å². The Hall–Kier alpha value is -2.19. The number of hydrogen-bond donors (Lipinski definition) is 1.